The van der Waals surface area contributed by atoms with Crippen LogP contribution in [0, 0.1) is 0 Å². The topological polar surface area (TPSA) is 87.3 Å². The van der Waals surface area contributed by atoms with E-state index in [4.69, 9.17) is 0 Å². The Morgan fingerprint density at radius 3 is 2.02 bits per heavy atom. The van der Waals surface area contributed by atoms with Crippen LogP contribution >= 0.6 is 11.8 Å². The Labute approximate surface area is 296 Å². The van der Waals surface area contributed by atoms with E-state index < -0.39 is 34.7 Å². The van der Waals surface area contributed by atoms with Crippen LogP contribution in [-0.2, 0) is 15.8 Å². The number of hydrogen-bond acceptors (Lipinski definition) is 4. The largest absolute Gasteiger partial charge is 0.416 e. The lowest BCUT2D eigenvalue weighted by molar-refractivity contribution is -0.137. The van der Waals surface area contributed by atoms with Gasteiger partial charge >= 0.3 is 6.18 Å². The van der Waals surface area contributed by atoms with E-state index in [0.29, 0.717) is 21.7 Å². The fourth-order valence-corrected chi connectivity index (χ4v) is 6.33. The summed E-state index contributed by atoms with van der Waals surface area (Å²) in [6.45, 7) is 0. The SMILES string of the molecule is O=C(Nc1ccc(SC(C(=O)Nc2cccc(C(F)(F)F)c2)c2ccccc2)cc1)/C(=C/c1cccc2ccccc12)NC(=O)c1ccccc1. The Morgan fingerprint density at radius 2 is 1.29 bits per heavy atom. The molecule has 3 amide bonds. The molecular weight excluding hydrogens is 672 g/mol. The first-order valence-corrected chi connectivity index (χ1v) is 16.7. The molecule has 254 valence electrons. The Hall–Kier alpha value is -6.13. The first-order chi connectivity index (χ1) is 24.6. The molecule has 0 radical (unpaired) electrons. The molecule has 0 spiro atoms. The molecule has 6 aromatic carbocycles. The van der Waals surface area contributed by atoms with Crippen molar-refractivity contribution in [2.24, 2.45) is 0 Å². The number of rotatable bonds is 10. The van der Waals surface area contributed by atoms with E-state index in [-0.39, 0.29) is 11.4 Å². The molecule has 0 aliphatic carbocycles. The predicted octanol–water partition coefficient (Wildman–Crippen LogP) is 9.74. The fourth-order valence-electron chi connectivity index (χ4n) is 5.31. The summed E-state index contributed by atoms with van der Waals surface area (Å²) in [4.78, 5) is 41.0. The minimum Gasteiger partial charge on any atom is -0.325 e. The highest BCUT2D eigenvalue weighted by atomic mass is 32.2. The van der Waals surface area contributed by atoms with Gasteiger partial charge in [-0.2, -0.15) is 13.2 Å². The molecule has 51 heavy (non-hydrogen) atoms. The smallest absolute Gasteiger partial charge is 0.325 e. The number of carbonyl (C=O) groups is 3. The molecule has 0 saturated heterocycles. The van der Waals surface area contributed by atoms with Gasteiger partial charge in [0.25, 0.3) is 11.8 Å². The number of anilines is 2. The highest BCUT2D eigenvalue weighted by molar-refractivity contribution is 8.00. The van der Waals surface area contributed by atoms with Gasteiger partial charge in [0.15, 0.2) is 0 Å². The van der Waals surface area contributed by atoms with E-state index in [2.05, 4.69) is 16.0 Å². The molecule has 6 nitrogen and oxygen atoms in total. The number of carbonyl (C=O) groups excluding carboxylic acids is 3. The molecule has 10 heteroatoms. The van der Waals surface area contributed by atoms with Crippen LogP contribution in [0.1, 0.15) is 32.3 Å². The summed E-state index contributed by atoms with van der Waals surface area (Å²) < 4.78 is 39.9. The number of hydrogen-bond donors (Lipinski definition) is 3. The van der Waals surface area contributed by atoms with Gasteiger partial charge in [0.1, 0.15) is 10.9 Å². The maximum Gasteiger partial charge on any atom is 0.416 e. The molecule has 1 unspecified atom stereocenters. The Kier molecular flexibility index (Phi) is 10.6. The molecule has 0 heterocycles. The monoisotopic (exact) mass is 701 g/mol. The van der Waals surface area contributed by atoms with Gasteiger partial charge in [-0.3, -0.25) is 14.4 Å². The summed E-state index contributed by atoms with van der Waals surface area (Å²) in [6.07, 6.45) is -2.92. The highest BCUT2D eigenvalue weighted by Crippen LogP contribution is 2.37. The van der Waals surface area contributed by atoms with Crippen LogP contribution in [0.4, 0.5) is 24.5 Å². The number of fused-ring (bicyclic) bond motifs is 1. The molecule has 0 aliphatic rings. The van der Waals surface area contributed by atoms with E-state index in [1.807, 2.05) is 42.5 Å². The number of thioether (sulfide) groups is 1. The molecule has 3 N–H and O–H groups in total. The summed E-state index contributed by atoms with van der Waals surface area (Å²) in [7, 11) is 0. The number of benzene rings is 6. The van der Waals surface area contributed by atoms with Crippen LogP contribution in [0.15, 0.2) is 162 Å². The Morgan fingerprint density at radius 1 is 0.647 bits per heavy atom. The van der Waals surface area contributed by atoms with Crippen molar-refractivity contribution in [2.45, 2.75) is 16.3 Å². The summed E-state index contributed by atoms with van der Waals surface area (Å²) in [5, 5.41) is 9.32. The van der Waals surface area contributed by atoms with Crippen molar-refractivity contribution in [3.8, 4) is 0 Å². The van der Waals surface area contributed by atoms with E-state index in [1.54, 1.807) is 91.0 Å². The standard InChI is InChI=1S/C41H30F3N3O3S/c42-41(43,44)31-18-10-19-33(26-31)46-40(50)37(28-12-3-1-4-13-28)51-34-23-21-32(22-24-34)45-39(49)36(47-38(48)29-14-5-2-6-15-29)25-30-17-9-16-27-11-7-8-20-35(27)30/h1-26,37H,(H,45,49)(H,46,50)(H,47,48)/b36-25-. The number of amides is 3. The van der Waals surface area contributed by atoms with E-state index >= 15 is 0 Å². The molecular formula is C41H30F3N3O3S. The predicted molar refractivity (Wildman–Crippen MR) is 196 cm³/mol. The van der Waals surface area contributed by atoms with Gasteiger partial charge in [-0.15, -0.1) is 11.8 Å². The van der Waals surface area contributed by atoms with E-state index in [9.17, 15) is 27.6 Å². The van der Waals surface area contributed by atoms with Crippen molar-refractivity contribution >= 4 is 57.7 Å². The van der Waals surface area contributed by atoms with Crippen LogP contribution in [0.5, 0.6) is 0 Å². The normalized spacial score (nSPS) is 12.2. The van der Waals surface area contributed by atoms with Crippen LogP contribution < -0.4 is 16.0 Å². The lowest BCUT2D eigenvalue weighted by Gasteiger charge is -2.18. The first kappa shape index (κ1) is 34.7. The maximum absolute atomic E-state index is 13.7. The minimum absolute atomic E-state index is 0.0288. The summed E-state index contributed by atoms with van der Waals surface area (Å²) in [5.74, 6) is -1.49. The van der Waals surface area contributed by atoms with Crippen molar-refractivity contribution in [3.05, 3.63) is 180 Å². The van der Waals surface area contributed by atoms with Crippen LogP contribution in [0.2, 0.25) is 0 Å². The second-order valence-corrected chi connectivity index (χ2v) is 12.6. The van der Waals surface area contributed by atoms with Crippen molar-refractivity contribution in [3.63, 3.8) is 0 Å². The maximum atomic E-state index is 13.7. The second-order valence-electron chi connectivity index (χ2n) is 11.4. The molecule has 0 aliphatic heterocycles. The van der Waals surface area contributed by atoms with Gasteiger partial charge in [0, 0.05) is 21.8 Å². The van der Waals surface area contributed by atoms with Crippen LogP contribution in [0.25, 0.3) is 16.8 Å². The van der Waals surface area contributed by atoms with Crippen LogP contribution in [-0.4, -0.2) is 17.7 Å². The van der Waals surface area contributed by atoms with Gasteiger partial charge < -0.3 is 16.0 Å². The van der Waals surface area contributed by atoms with Crippen molar-refractivity contribution in [1.82, 2.24) is 5.32 Å². The molecule has 6 rings (SSSR count). The van der Waals surface area contributed by atoms with Gasteiger partial charge in [-0.25, -0.2) is 0 Å². The Balaban J connectivity index is 1.22. The van der Waals surface area contributed by atoms with Crippen molar-refractivity contribution in [2.75, 3.05) is 10.6 Å². The number of nitrogens with one attached hydrogen (secondary N) is 3. The molecule has 0 saturated carbocycles. The van der Waals surface area contributed by atoms with E-state index in [1.165, 1.54) is 23.9 Å². The molecule has 0 bridgehead atoms. The lowest BCUT2D eigenvalue weighted by Crippen LogP contribution is -2.30. The zero-order chi connectivity index (χ0) is 35.8. The third-order valence-corrected chi connectivity index (χ3v) is 9.08. The number of alkyl halides is 3. The van der Waals surface area contributed by atoms with Crippen molar-refractivity contribution < 1.29 is 27.6 Å². The summed E-state index contributed by atoms with van der Waals surface area (Å²) in [5.41, 5.74) is 1.43. The molecule has 0 aromatic heterocycles. The Bertz CT molecular complexity index is 2200. The number of halogens is 3. The van der Waals surface area contributed by atoms with Gasteiger partial charge in [-0.1, -0.05) is 97.1 Å². The zero-order valence-electron chi connectivity index (χ0n) is 26.9. The quantitative estimate of drug-likeness (QED) is 0.0981. The van der Waals surface area contributed by atoms with Crippen LogP contribution in [0.3, 0.4) is 0 Å². The summed E-state index contributed by atoms with van der Waals surface area (Å²) >= 11 is 1.21. The first-order valence-electron chi connectivity index (χ1n) is 15.8. The third kappa shape index (κ3) is 8.92. The van der Waals surface area contributed by atoms with E-state index in [0.717, 1.165) is 28.5 Å². The highest BCUT2D eigenvalue weighted by Gasteiger charge is 2.31. The van der Waals surface area contributed by atoms with Gasteiger partial charge in [0.05, 0.1) is 5.56 Å². The summed E-state index contributed by atoms with van der Waals surface area (Å²) in [6, 6.07) is 42.2. The van der Waals surface area contributed by atoms with Crippen molar-refractivity contribution in [1.29, 1.82) is 0 Å². The average molecular weight is 702 g/mol. The molecule has 1 atom stereocenters. The second kappa shape index (κ2) is 15.6. The molecule has 6 aromatic rings. The minimum atomic E-state index is -4.55. The lowest BCUT2D eigenvalue weighted by atomic mass is 10.0. The zero-order valence-corrected chi connectivity index (χ0v) is 27.7. The third-order valence-electron chi connectivity index (χ3n) is 7.82. The average Bonchev–Trinajstić information content (AvgIpc) is 3.14. The van der Waals surface area contributed by atoms with Gasteiger partial charge in [0.2, 0.25) is 5.91 Å². The fraction of sp³-hybridized carbons (Fsp3) is 0.0488. The molecule has 0 fully saturated rings. The van der Waals surface area contributed by atoms with Gasteiger partial charge in [-0.05, 0) is 82.6 Å².